The molecule has 0 spiro atoms. The quantitative estimate of drug-likeness (QED) is 0.435. The molecule has 0 aliphatic rings. The predicted molar refractivity (Wildman–Crippen MR) is 124 cm³/mol. The molecule has 0 bridgehead atoms. The molecular formula is C27H32O4. The van der Waals surface area contributed by atoms with Crippen molar-refractivity contribution in [1.82, 2.24) is 0 Å². The minimum absolute atomic E-state index is 0.0870. The highest BCUT2D eigenvalue weighted by atomic mass is 16.5. The lowest BCUT2D eigenvalue weighted by Crippen LogP contribution is -2.05. The lowest BCUT2D eigenvalue weighted by atomic mass is 9.97. The molecule has 0 heterocycles. The molecule has 164 valence electrons. The first kappa shape index (κ1) is 23.0. The van der Waals surface area contributed by atoms with Gasteiger partial charge in [-0.15, -0.1) is 0 Å². The highest BCUT2D eigenvalue weighted by Gasteiger charge is 2.08. The SMILES string of the molecule is CCC(O)CCc1ccc(-c2cc(OCc3ccc(CO)c(CO)c3)ccc2C)cc1. The van der Waals surface area contributed by atoms with E-state index in [0.29, 0.717) is 6.61 Å². The van der Waals surface area contributed by atoms with Crippen LogP contribution in [0.5, 0.6) is 5.75 Å². The van der Waals surface area contributed by atoms with Gasteiger partial charge < -0.3 is 20.1 Å². The summed E-state index contributed by atoms with van der Waals surface area (Å²) in [7, 11) is 0. The van der Waals surface area contributed by atoms with E-state index < -0.39 is 0 Å². The van der Waals surface area contributed by atoms with Crippen molar-refractivity contribution in [3.8, 4) is 16.9 Å². The van der Waals surface area contributed by atoms with E-state index in [1.54, 1.807) is 0 Å². The van der Waals surface area contributed by atoms with Gasteiger partial charge in [0.05, 0.1) is 19.3 Å². The van der Waals surface area contributed by atoms with Gasteiger partial charge >= 0.3 is 0 Å². The summed E-state index contributed by atoms with van der Waals surface area (Å²) in [6.07, 6.45) is 2.22. The molecule has 4 heteroatoms. The highest BCUT2D eigenvalue weighted by molar-refractivity contribution is 5.69. The van der Waals surface area contributed by atoms with Crippen LogP contribution in [0.25, 0.3) is 11.1 Å². The summed E-state index contributed by atoms with van der Waals surface area (Å²) in [5.74, 6) is 0.785. The fourth-order valence-corrected chi connectivity index (χ4v) is 3.63. The van der Waals surface area contributed by atoms with Crippen LogP contribution in [0, 0.1) is 6.92 Å². The molecular weight excluding hydrogens is 388 g/mol. The summed E-state index contributed by atoms with van der Waals surface area (Å²) in [4.78, 5) is 0. The number of benzene rings is 3. The molecule has 0 aromatic heterocycles. The smallest absolute Gasteiger partial charge is 0.120 e. The van der Waals surface area contributed by atoms with Crippen molar-refractivity contribution < 1.29 is 20.1 Å². The second kappa shape index (κ2) is 11.1. The minimum Gasteiger partial charge on any atom is -0.489 e. The zero-order valence-corrected chi connectivity index (χ0v) is 18.3. The van der Waals surface area contributed by atoms with Gasteiger partial charge in [0.2, 0.25) is 0 Å². The van der Waals surface area contributed by atoms with Crippen LogP contribution in [0.4, 0.5) is 0 Å². The summed E-state index contributed by atoms with van der Waals surface area (Å²) in [5, 5.41) is 28.6. The number of aryl methyl sites for hydroxylation is 2. The average molecular weight is 421 g/mol. The first-order valence-corrected chi connectivity index (χ1v) is 10.9. The number of hydrogen-bond donors (Lipinski definition) is 3. The molecule has 31 heavy (non-hydrogen) atoms. The zero-order valence-electron chi connectivity index (χ0n) is 18.3. The number of ether oxygens (including phenoxy) is 1. The molecule has 0 aliphatic carbocycles. The van der Waals surface area contributed by atoms with Gasteiger partial charge in [-0.2, -0.15) is 0 Å². The van der Waals surface area contributed by atoms with Crippen molar-refractivity contribution in [2.24, 2.45) is 0 Å². The standard InChI is InChI=1S/C27H32O4/c1-3-25(30)12-8-20-5-9-22(10-6-20)27-15-26(13-4-19(27)2)31-18-21-7-11-23(16-28)24(14-21)17-29/h4-7,9-11,13-15,25,28-30H,3,8,12,16-18H2,1-2H3. The number of aliphatic hydroxyl groups excluding tert-OH is 3. The minimum atomic E-state index is -0.232. The largest absolute Gasteiger partial charge is 0.489 e. The molecule has 1 unspecified atom stereocenters. The van der Waals surface area contributed by atoms with Gasteiger partial charge in [-0.1, -0.05) is 49.4 Å². The molecule has 0 amide bonds. The highest BCUT2D eigenvalue weighted by Crippen LogP contribution is 2.29. The van der Waals surface area contributed by atoms with Crippen molar-refractivity contribution >= 4 is 0 Å². The average Bonchev–Trinajstić information content (AvgIpc) is 2.82. The third kappa shape index (κ3) is 6.17. The Morgan fingerprint density at radius 2 is 1.55 bits per heavy atom. The van der Waals surface area contributed by atoms with Crippen LogP contribution in [-0.2, 0) is 26.2 Å². The molecule has 3 rings (SSSR count). The zero-order chi connectivity index (χ0) is 22.2. The maximum Gasteiger partial charge on any atom is 0.120 e. The van der Waals surface area contributed by atoms with Crippen molar-refractivity contribution in [2.45, 2.75) is 59.0 Å². The Balaban J connectivity index is 1.70. The van der Waals surface area contributed by atoms with Crippen molar-refractivity contribution in [1.29, 1.82) is 0 Å². The molecule has 0 saturated carbocycles. The van der Waals surface area contributed by atoms with Crippen LogP contribution in [0.1, 0.15) is 47.6 Å². The maximum absolute atomic E-state index is 9.77. The van der Waals surface area contributed by atoms with Gasteiger partial charge in [-0.05, 0) is 83.3 Å². The van der Waals surface area contributed by atoms with Crippen LogP contribution in [0.3, 0.4) is 0 Å². The van der Waals surface area contributed by atoms with E-state index in [0.717, 1.165) is 52.8 Å². The molecule has 4 nitrogen and oxygen atoms in total. The van der Waals surface area contributed by atoms with E-state index in [2.05, 4.69) is 43.3 Å². The Morgan fingerprint density at radius 3 is 2.23 bits per heavy atom. The van der Waals surface area contributed by atoms with Gasteiger partial charge in [0, 0.05) is 0 Å². The van der Waals surface area contributed by atoms with Crippen LogP contribution >= 0.6 is 0 Å². The first-order chi connectivity index (χ1) is 15.0. The van der Waals surface area contributed by atoms with Crippen LogP contribution in [0.2, 0.25) is 0 Å². The van der Waals surface area contributed by atoms with Gasteiger partial charge in [-0.25, -0.2) is 0 Å². The molecule has 0 aliphatic heterocycles. The third-order valence-corrected chi connectivity index (χ3v) is 5.73. The molecule has 3 N–H and O–H groups in total. The van der Waals surface area contributed by atoms with E-state index in [4.69, 9.17) is 4.74 Å². The van der Waals surface area contributed by atoms with E-state index in [9.17, 15) is 15.3 Å². The summed E-state index contributed by atoms with van der Waals surface area (Å²) in [6.45, 7) is 4.29. The Kier molecular flexibility index (Phi) is 8.24. The predicted octanol–water partition coefficient (Wildman–Crippen LogP) is 4.93. The Morgan fingerprint density at radius 1 is 0.839 bits per heavy atom. The lowest BCUT2D eigenvalue weighted by molar-refractivity contribution is 0.160. The van der Waals surface area contributed by atoms with Crippen molar-refractivity contribution in [3.63, 3.8) is 0 Å². The van der Waals surface area contributed by atoms with Gasteiger partial charge in [0.25, 0.3) is 0 Å². The summed E-state index contributed by atoms with van der Waals surface area (Å²) in [5.41, 5.74) is 7.07. The molecule has 3 aromatic carbocycles. The third-order valence-electron chi connectivity index (χ3n) is 5.73. The van der Waals surface area contributed by atoms with Crippen LogP contribution in [0.15, 0.2) is 60.7 Å². The van der Waals surface area contributed by atoms with Crippen molar-refractivity contribution in [3.05, 3.63) is 88.5 Å². The Hall–Kier alpha value is -2.66. The summed E-state index contributed by atoms with van der Waals surface area (Å²) in [6, 6.07) is 20.2. The molecule has 3 aromatic rings. The van der Waals surface area contributed by atoms with Crippen LogP contribution < -0.4 is 4.74 Å². The summed E-state index contributed by atoms with van der Waals surface area (Å²) >= 11 is 0. The molecule has 1 atom stereocenters. The van der Waals surface area contributed by atoms with E-state index in [1.807, 2.05) is 31.2 Å². The summed E-state index contributed by atoms with van der Waals surface area (Å²) < 4.78 is 6.01. The first-order valence-electron chi connectivity index (χ1n) is 10.9. The number of hydrogen-bond acceptors (Lipinski definition) is 4. The lowest BCUT2D eigenvalue weighted by Gasteiger charge is -2.13. The monoisotopic (exact) mass is 420 g/mol. The molecule has 0 fully saturated rings. The molecule has 0 radical (unpaired) electrons. The maximum atomic E-state index is 9.77. The van der Waals surface area contributed by atoms with Gasteiger partial charge in [0.15, 0.2) is 0 Å². The Bertz CT molecular complexity index is 979. The second-order valence-corrected chi connectivity index (χ2v) is 7.98. The van der Waals surface area contributed by atoms with Gasteiger partial charge in [0.1, 0.15) is 12.4 Å². The fraction of sp³-hybridized carbons (Fsp3) is 0.333. The molecule has 0 saturated heterocycles. The van der Waals surface area contributed by atoms with Gasteiger partial charge in [-0.3, -0.25) is 0 Å². The topological polar surface area (TPSA) is 69.9 Å². The second-order valence-electron chi connectivity index (χ2n) is 7.98. The fourth-order valence-electron chi connectivity index (χ4n) is 3.63. The van der Waals surface area contributed by atoms with Crippen LogP contribution in [-0.4, -0.2) is 21.4 Å². The van der Waals surface area contributed by atoms with E-state index >= 15 is 0 Å². The Labute approximate surface area is 184 Å². The number of rotatable bonds is 10. The van der Waals surface area contributed by atoms with E-state index in [1.165, 1.54) is 11.1 Å². The number of aliphatic hydroxyl groups is 3. The van der Waals surface area contributed by atoms with E-state index in [-0.39, 0.29) is 19.3 Å². The van der Waals surface area contributed by atoms with Crippen molar-refractivity contribution in [2.75, 3.05) is 0 Å². The normalized spacial score (nSPS) is 12.0.